The zero-order valence-electron chi connectivity index (χ0n) is 22.2. The van der Waals surface area contributed by atoms with E-state index >= 15 is 0 Å². The summed E-state index contributed by atoms with van der Waals surface area (Å²) >= 11 is 0. The van der Waals surface area contributed by atoms with Crippen LogP contribution in [0.25, 0.3) is 60.6 Å². The van der Waals surface area contributed by atoms with Crippen molar-refractivity contribution in [2.75, 3.05) is 0 Å². The maximum Gasteiger partial charge on any atom is 0.170 e. The minimum absolute atomic E-state index is 0.0436. The van der Waals surface area contributed by atoms with Crippen LogP contribution in [0.4, 0.5) is 0 Å². The van der Waals surface area contributed by atoms with E-state index in [2.05, 4.69) is 30.3 Å². The molecule has 0 spiro atoms. The highest BCUT2D eigenvalue weighted by atomic mass is 32.2. The molecule has 0 fully saturated rings. The van der Waals surface area contributed by atoms with Crippen molar-refractivity contribution in [2.45, 2.75) is 4.90 Å². The molecule has 200 valence electrons. The fourth-order valence-electron chi connectivity index (χ4n) is 6.34. The van der Waals surface area contributed by atoms with Crippen LogP contribution in [-0.4, -0.2) is 10.6 Å². The van der Waals surface area contributed by atoms with Crippen molar-refractivity contribution in [3.63, 3.8) is 0 Å². The van der Waals surface area contributed by atoms with E-state index in [4.69, 9.17) is 8.83 Å². The number of carbonyl (C=O) groups is 1. The van der Waals surface area contributed by atoms with Gasteiger partial charge in [-0.25, -0.2) is 10.4 Å². The number of furan rings is 2. The van der Waals surface area contributed by atoms with Crippen molar-refractivity contribution in [2.24, 2.45) is 5.92 Å². The molecule has 2 aromatic heterocycles. The van der Waals surface area contributed by atoms with Gasteiger partial charge in [0.1, 0.15) is 22.3 Å². The molecule has 1 unspecified atom stereocenters. The molecule has 3 heterocycles. The highest BCUT2D eigenvalue weighted by Gasteiger charge is 2.27. The van der Waals surface area contributed by atoms with Gasteiger partial charge in [0.15, 0.2) is 5.78 Å². The van der Waals surface area contributed by atoms with Gasteiger partial charge in [-0.2, -0.15) is 0 Å². The number of ketones is 1. The van der Waals surface area contributed by atoms with Gasteiger partial charge in [0.2, 0.25) is 0 Å². The van der Waals surface area contributed by atoms with Gasteiger partial charge in [-0.3, -0.25) is 4.79 Å². The Bertz CT molecular complexity index is 2460. The second-order valence-electron chi connectivity index (χ2n) is 10.8. The van der Waals surface area contributed by atoms with Gasteiger partial charge in [-0.05, 0) is 64.7 Å². The number of fused-ring (bicyclic) bond motifs is 8. The fraction of sp³-hybridized carbons (Fsp3) is 0.0270. The molecule has 0 saturated carbocycles. The van der Waals surface area contributed by atoms with Crippen molar-refractivity contribution >= 4 is 70.5 Å². The molecular weight excluding hydrogens is 540 g/mol. The summed E-state index contributed by atoms with van der Waals surface area (Å²) in [5.74, 6) is -0.629. The minimum atomic E-state index is -1.43. The lowest BCUT2D eigenvalue weighted by atomic mass is 9.85. The Morgan fingerprint density at radius 1 is 0.571 bits per heavy atom. The molecule has 5 aromatic carbocycles. The zero-order valence-corrected chi connectivity index (χ0v) is 23.0. The number of rotatable bonds is 2. The first-order chi connectivity index (χ1) is 20.6. The first-order valence-corrected chi connectivity index (χ1v) is 15.0. The molecular formula is C37H21O4S-. The number of carbonyl (C=O) groups excluding carboxylic acids is 1. The quantitative estimate of drug-likeness (QED) is 0.156. The third-order valence-corrected chi connectivity index (χ3v) is 10.0. The second-order valence-corrected chi connectivity index (χ2v) is 12.2. The Morgan fingerprint density at radius 3 is 1.86 bits per heavy atom. The highest BCUT2D eigenvalue weighted by Crippen LogP contribution is 2.37. The van der Waals surface area contributed by atoms with Gasteiger partial charge in [0.05, 0.1) is 0 Å². The summed E-state index contributed by atoms with van der Waals surface area (Å²) in [6, 6.07) is 33.8. The molecule has 7 aromatic rings. The van der Waals surface area contributed by atoms with E-state index in [0.29, 0.717) is 15.3 Å². The molecule has 42 heavy (non-hydrogen) atoms. The fourth-order valence-corrected chi connectivity index (χ4v) is 7.74. The Balaban J connectivity index is 1.11. The van der Waals surface area contributed by atoms with Crippen LogP contribution in [0, 0.1) is 5.92 Å². The summed E-state index contributed by atoms with van der Waals surface area (Å²) in [6.07, 6.45) is 5.74. The summed E-state index contributed by atoms with van der Waals surface area (Å²) < 4.78 is 25.8. The number of para-hydroxylation sites is 2. The molecule has 9 rings (SSSR count). The normalized spacial score (nSPS) is 16.9. The van der Waals surface area contributed by atoms with Gasteiger partial charge >= 0.3 is 0 Å². The molecule has 0 bridgehead atoms. The number of allylic oxidation sites excluding steroid dienone is 4. The lowest BCUT2D eigenvalue weighted by Crippen LogP contribution is -2.29. The van der Waals surface area contributed by atoms with Crippen LogP contribution in [0.2, 0.25) is 0 Å². The zero-order chi connectivity index (χ0) is 27.9. The van der Waals surface area contributed by atoms with E-state index in [-0.39, 0.29) is 5.78 Å². The SMILES string of the molecule is O=C1c2cc(-c3ccc4c(c3)oc3ccccc34)ccc2[S-](=O)=C2C=CC(c3ccc4c(c3)oc3ccccc34)=CC12. The van der Waals surface area contributed by atoms with Gasteiger partial charge in [0, 0.05) is 33.0 Å². The molecule has 1 aliphatic heterocycles. The highest BCUT2D eigenvalue weighted by molar-refractivity contribution is 7.85. The summed E-state index contributed by atoms with van der Waals surface area (Å²) in [5, 5.41) is 4.26. The van der Waals surface area contributed by atoms with Crippen LogP contribution in [0.15, 0.2) is 135 Å². The van der Waals surface area contributed by atoms with E-state index in [1.807, 2.05) is 91.0 Å². The lowest BCUT2D eigenvalue weighted by molar-refractivity contribution is 0.0969. The van der Waals surface area contributed by atoms with Crippen LogP contribution in [-0.2, 0) is 14.6 Å². The van der Waals surface area contributed by atoms with E-state index in [1.165, 1.54) is 0 Å². The Labute approximate surface area is 242 Å². The standard InChI is InChI=1S/C37H21O4S/c38-37-29-17-21(23-9-13-27-25-5-1-3-7-31(25)40-33(27)19-23)11-15-35(29)42(39)36-16-12-22(18-30(36)37)24-10-14-28-26-6-2-4-8-32(26)41-34(28)20-24/h1-20,29H/q-1. The molecule has 1 aliphatic carbocycles. The largest absolute Gasteiger partial charge is 0.457 e. The molecule has 0 radical (unpaired) electrons. The molecule has 2 aliphatic rings. The lowest BCUT2D eigenvalue weighted by Gasteiger charge is -2.31. The summed E-state index contributed by atoms with van der Waals surface area (Å²) in [5.41, 5.74) is 7.47. The van der Waals surface area contributed by atoms with Crippen molar-refractivity contribution in [3.05, 3.63) is 132 Å². The Hall–Kier alpha value is -5.13. The van der Waals surface area contributed by atoms with Gasteiger partial charge in [-0.15, -0.1) is 9.76 Å². The Morgan fingerprint density at radius 2 is 1.14 bits per heavy atom. The first-order valence-electron chi connectivity index (χ1n) is 13.8. The summed E-state index contributed by atoms with van der Waals surface area (Å²) in [4.78, 5) is 15.1. The minimum Gasteiger partial charge on any atom is -0.457 e. The monoisotopic (exact) mass is 561 g/mol. The van der Waals surface area contributed by atoms with Crippen LogP contribution in [0.3, 0.4) is 0 Å². The van der Waals surface area contributed by atoms with E-state index in [0.717, 1.165) is 66.1 Å². The predicted molar refractivity (Wildman–Crippen MR) is 169 cm³/mol. The van der Waals surface area contributed by atoms with Crippen LogP contribution < -0.4 is 0 Å². The van der Waals surface area contributed by atoms with Gasteiger partial charge < -0.3 is 13.0 Å². The first kappa shape index (κ1) is 23.6. The van der Waals surface area contributed by atoms with Crippen molar-refractivity contribution in [3.8, 4) is 11.1 Å². The van der Waals surface area contributed by atoms with Crippen molar-refractivity contribution in [1.29, 1.82) is 0 Å². The van der Waals surface area contributed by atoms with Crippen molar-refractivity contribution < 1.29 is 17.8 Å². The number of hydrogen-bond acceptors (Lipinski definition) is 5. The maximum absolute atomic E-state index is 13.9. The van der Waals surface area contributed by atoms with Crippen LogP contribution in [0.1, 0.15) is 15.9 Å². The molecule has 1 atom stereocenters. The van der Waals surface area contributed by atoms with Crippen LogP contribution >= 0.6 is 0 Å². The third kappa shape index (κ3) is 3.37. The molecule has 5 heteroatoms. The van der Waals surface area contributed by atoms with E-state index in [1.54, 1.807) is 0 Å². The Kier molecular flexibility index (Phi) is 4.87. The third-order valence-electron chi connectivity index (χ3n) is 8.45. The van der Waals surface area contributed by atoms with E-state index in [9.17, 15) is 9.00 Å². The van der Waals surface area contributed by atoms with Crippen LogP contribution in [0.5, 0.6) is 0 Å². The van der Waals surface area contributed by atoms with Gasteiger partial charge in [-0.1, -0.05) is 78.9 Å². The summed E-state index contributed by atoms with van der Waals surface area (Å²) in [6.45, 7) is 0. The van der Waals surface area contributed by atoms with Gasteiger partial charge in [0.25, 0.3) is 0 Å². The molecule has 0 amide bonds. The van der Waals surface area contributed by atoms with E-state index < -0.39 is 16.3 Å². The maximum atomic E-state index is 13.9. The second kappa shape index (κ2) is 8.68. The smallest absolute Gasteiger partial charge is 0.170 e. The van der Waals surface area contributed by atoms with Crippen molar-refractivity contribution in [1.82, 2.24) is 0 Å². The number of Topliss-reactive ketones (excluding diaryl/α,β-unsaturated/α-hetero) is 1. The summed E-state index contributed by atoms with van der Waals surface area (Å²) in [7, 11) is -1.43. The average Bonchev–Trinajstić information content (AvgIpc) is 3.60. The molecule has 0 saturated heterocycles. The molecule has 4 nitrogen and oxygen atoms in total. The molecule has 0 N–H and O–H groups in total. The average molecular weight is 562 g/mol. The number of hydrogen-bond donors (Lipinski definition) is 0. The predicted octanol–water partition coefficient (Wildman–Crippen LogP) is 9.11. The number of benzene rings is 5. The topological polar surface area (TPSA) is 60.4 Å².